The standard InChI is InChI=1S/C13H11FN2O2/c1-18-13-3-2-9(7-16-13)6-12(17)10-4-5-15-8-11(10)14/h2-5,7-8H,6H2,1H3. The maximum atomic E-state index is 13.3. The van der Waals surface area contributed by atoms with Gasteiger partial charge in [-0.15, -0.1) is 0 Å². The van der Waals surface area contributed by atoms with Crippen LogP contribution >= 0.6 is 0 Å². The zero-order chi connectivity index (χ0) is 13.0. The minimum atomic E-state index is -0.607. The summed E-state index contributed by atoms with van der Waals surface area (Å²) in [5, 5.41) is 0. The summed E-state index contributed by atoms with van der Waals surface area (Å²) in [5.41, 5.74) is 0.748. The van der Waals surface area contributed by atoms with Crippen LogP contribution in [0.3, 0.4) is 0 Å². The van der Waals surface area contributed by atoms with E-state index in [1.165, 1.54) is 25.6 Å². The Morgan fingerprint density at radius 1 is 1.33 bits per heavy atom. The SMILES string of the molecule is COc1ccc(CC(=O)c2ccncc2F)cn1. The number of rotatable bonds is 4. The maximum absolute atomic E-state index is 13.3. The van der Waals surface area contributed by atoms with Crippen LogP contribution in [0.5, 0.6) is 5.88 Å². The van der Waals surface area contributed by atoms with E-state index < -0.39 is 5.82 Å². The Labute approximate surface area is 103 Å². The molecular weight excluding hydrogens is 235 g/mol. The molecule has 0 saturated heterocycles. The van der Waals surface area contributed by atoms with E-state index in [-0.39, 0.29) is 17.8 Å². The highest BCUT2D eigenvalue weighted by Gasteiger charge is 2.12. The molecule has 0 aliphatic heterocycles. The van der Waals surface area contributed by atoms with Crippen molar-refractivity contribution in [2.75, 3.05) is 7.11 Å². The average molecular weight is 246 g/mol. The molecule has 0 N–H and O–H groups in total. The first-order valence-corrected chi connectivity index (χ1v) is 5.32. The van der Waals surface area contributed by atoms with Crippen LogP contribution in [0.25, 0.3) is 0 Å². The lowest BCUT2D eigenvalue weighted by Crippen LogP contribution is -2.06. The van der Waals surface area contributed by atoms with Gasteiger partial charge in [-0.05, 0) is 11.6 Å². The predicted octanol–water partition coefficient (Wildman–Crippen LogP) is 2.05. The van der Waals surface area contributed by atoms with Gasteiger partial charge < -0.3 is 4.74 Å². The fraction of sp³-hybridized carbons (Fsp3) is 0.154. The number of methoxy groups -OCH3 is 1. The highest BCUT2D eigenvalue weighted by molar-refractivity contribution is 5.97. The zero-order valence-corrected chi connectivity index (χ0v) is 9.76. The number of ether oxygens (including phenoxy) is 1. The van der Waals surface area contributed by atoms with Gasteiger partial charge in [-0.3, -0.25) is 9.78 Å². The minimum Gasteiger partial charge on any atom is -0.481 e. The highest BCUT2D eigenvalue weighted by atomic mass is 19.1. The molecule has 2 aromatic rings. The summed E-state index contributed by atoms with van der Waals surface area (Å²) in [6.07, 6.45) is 4.05. The Morgan fingerprint density at radius 2 is 2.17 bits per heavy atom. The van der Waals surface area contributed by atoms with Crippen molar-refractivity contribution in [1.29, 1.82) is 0 Å². The molecule has 18 heavy (non-hydrogen) atoms. The Morgan fingerprint density at radius 3 is 2.78 bits per heavy atom. The maximum Gasteiger partial charge on any atom is 0.212 e. The van der Waals surface area contributed by atoms with Crippen LogP contribution in [0.15, 0.2) is 36.8 Å². The van der Waals surface area contributed by atoms with E-state index in [4.69, 9.17) is 4.74 Å². The summed E-state index contributed by atoms with van der Waals surface area (Å²) in [4.78, 5) is 19.4. The van der Waals surface area contributed by atoms with Crippen LogP contribution in [0.1, 0.15) is 15.9 Å². The van der Waals surface area contributed by atoms with Gasteiger partial charge in [0.05, 0.1) is 18.9 Å². The fourth-order valence-electron chi connectivity index (χ4n) is 1.52. The third-order valence-corrected chi connectivity index (χ3v) is 2.44. The second kappa shape index (κ2) is 5.35. The van der Waals surface area contributed by atoms with Crippen LogP contribution in [0, 0.1) is 5.82 Å². The molecule has 0 bridgehead atoms. The summed E-state index contributed by atoms with van der Waals surface area (Å²) >= 11 is 0. The van der Waals surface area contributed by atoms with E-state index >= 15 is 0 Å². The van der Waals surface area contributed by atoms with Gasteiger partial charge >= 0.3 is 0 Å². The summed E-state index contributed by atoms with van der Waals surface area (Å²) in [6, 6.07) is 4.75. The molecule has 92 valence electrons. The van der Waals surface area contributed by atoms with Gasteiger partial charge in [-0.1, -0.05) is 6.07 Å². The molecule has 0 saturated carbocycles. The molecule has 0 spiro atoms. The summed E-state index contributed by atoms with van der Waals surface area (Å²) in [5.74, 6) is -0.438. The third-order valence-electron chi connectivity index (χ3n) is 2.44. The van der Waals surface area contributed by atoms with E-state index in [0.29, 0.717) is 11.4 Å². The predicted molar refractivity (Wildman–Crippen MR) is 63.0 cm³/mol. The van der Waals surface area contributed by atoms with Crippen molar-refractivity contribution in [2.24, 2.45) is 0 Å². The van der Waals surface area contributed by atoms with Gasteiger partial charge in [0, 0.05) is 24.9 Å². The molecule has 0 aliphatic rings. The Kier molecular flexibility index (Phi) is 3.62. The summed E-state index contributed by atoms with van der Waals surface area (Å²) in [7, 11) is 1.51. The van der Waals surface area contributed by atoms with Crippen molar-refractivity contribution in [3.8, 4) is 5.88 Å². The van der Waals surface area contributed by atoms with Crippen molar-refractivity contribution >= 4 is 5.78 Å². The fourth-order valence-corrected chi connectivity index (χ4v) is 1.52. The number of hydrogen-bond acceptors (Lipinski definition) is 4. The van der Waals surface area contributed by atoms with E-state index in [1.807, 2.05) is 0 Å². The first-order valence-electron chi connectivity index (χ1n) is 5.32. The Hall–Kier alpha value is -2.30. The number of Topliss-reactive ketones (excluding diaryl/α,β-unsaturated/α-hetero) is 1. The van der Waals surface area contributed by atoms with Gasteiger partial charge in [0.2, 0.25) is 5.88 Å². The van der Waals surface area contributed by atoms with Gasteiger partial charge in [0.1, 0.15) is 0 Å². The second-order valence-corrected chi connectivity index (χ2v) is 3.66. The Bertz CT molecular complexity index is 555. The van der Waals surface area contributed by atoms with Crippen molar-refractivity contribution in [3.63, 3.8) is 0 Å². The lowest BCUT2D eigenvalue weighted by atomic mass is 10.1. The van der Waals surface area contributed by atoms with Gasteiger partial charge in [-0.25, -0.2) is 9.37 Å². The molecular formula is C13H11FN2O2. The largest absolute Gasteiger partial charge is 0.481 e. The quantitative estimate of drug-likeness (QED) is 0.775. The zero-order valence-electron chi connectivity index (χ0n) is 9.76. The molecule has 0 unspecified atom stereocenters. The van der Waals surface area contributed by atoms with Crippen molar-refractivity contribution < 1.29 is 13.9 Å². The molecule has 2 heterocycles. The monoisotopic (exact) mass is 246 g/mol. The van der Waals surface area contributed by atoms with Crippen LogP contribution in [-0.2, 0) is 6.42 Å². The van der Waals surface area contributed by atoms with E-state index in [1.54, 1.807) is 12.1 Å². The number of carbonyl (C=O) groups is 1. The molecule has 0 aromatic carbocycles. The van der Waals surface area contributed by atoms with Gasteiger partial charge in [-0.2, -0.15) is 0 Å². The molecule has 4 nitrogen and oxygen atoms in total. The molecule has 0 fully saturated rings. The van der Waals surface area contributed by atoms with E-state index in [9.17, 15) is 9.18 Å². The summed E-state index contributed by atoms with van der Waals surface area (Å²) in [6.45, 7) is 0. The van der Waals surface area contributed by atoms with Crippen molar-refractivity contribution in [1.82, 2.24) is 9.97 Å². The first-order chi connectivity index (χ1) is 8.70. The number of carbonyl (C=O) groups excluding carboxylic acids is 1. The number of hydrogen-bond donors (Lipinski definition) is 0. The third kappa shape index (κ3) is 2.68. The number of halogens is 1. The van der Waals surface area contributed by atoms with Gasteiger partial charge in [0.15, 0.2) is 11.6 Å². The second-order valence-electron chi connectivity index (χ2n) is 3.66. The summed E-state index contributed by atoms with van der Waals surface area (Å²) < 4.78 is 18.3. The normalized spacial score (nSPS) is 10.1. The number of pyridine rings is 2. The number of nitrogens with zero attached hydrogens (tertiary/aromatic N) is 2. The smallest absolute Gasteiger partial charge is 0.212 e. The molecule has 0 aliphatic carbocycles. The molecule has 2 aromatic heterocycles. The molecule has 0 atom stereocenters. The van der Waals surface area contributed by atoms with Crippen LogP contribution in [0.2, 0.25) is 0 Å². The highest BCUT2D eigenvalue weighted by Crippen LogP contribution is 2.12. The average Bonchev–Trinajstić information content (AvgIpc) is 2.40. The number of aromatic nitrogens is 2. The molecule has 0 amide bonds. The van der Waals surface area contributed by atoms with E-state index in [2.05, 4.69) is 9.97 Å². The molecule has 2 rings (SSSR count). The topological polar surface area (TPSA) is 52.1 Å². The number of ketones is 1. The minimum absolute atomic E-state index is 0.0424. The van der Waals surface area contributed by atoms with Crippen LogP contribution in [0.4, 0.5) is 4.39 Å². The lowest BCUT2D eigenvalue weighted by molar-refractivity contribution is 0.0989. The van der Waals surface area contributed by atoms with Gasteiger partial charge in [0.25, 0.3) is 0 Å². The Balaban J connectivity index is 2.14. The van der Waals surface area contributed by atoms with Crippen molar-refractivity contribution in [3.05, 3.63) is 53.7 Å². The van der Waals surface area contributed by atoms with Crippen molar-refractivity contribution in [2.45, 2.75) is 6.42 Å². The first kappa shape index (κ1) is 12.2. The molecule has 5 heteroatoms. The van der Waals surface area contributed by atoms with E-state index in [0.717, 1.165) is 6.20 Å². The van der Waals surface area contributed by atoms with Crippen LogP contribution < -0.4 is 4.74 Å². The van der Waals surface area contributed by atoms with Crippen LogP contribution in [-0.4, -0.2) is 22.9 Å². The lowest BCUT2D eigenvalue weighted by Gasteiger charge is -2.03. The molecule has 0 radical (unpaired) electrons.